The van der Waals surface area contributed by atoms with Crippen LogP contribution in [0.15, 0.2) is 92.9 Å². The van der Waals surface area contributed by atoms with Gasteiger partial charge in [0.15, 0.2) is 6.29 Å². The van der Waals surface area contributed by atoms with Gasteiger partial charge in [0.25, 0.3) is 11.1 Å². The Labute approximate surface area is 278 Å². The van der Waals surface area contributed by atoms with Crippen LogP contribution < -0.4 is 15.9 Å². The number of halogens is 3. The highest BCUT2D eigenvalue weighted by atomic mass is 19.4. The number of aryl methyl sites for hydroxylation is 2. The van der Waals surface area contributed by atoms with Gasteiger partial charge in [0.1, 0.15) is 16.9 Å². The number of hydrogen-bond donors (Lipinski definition) is 0. The molecular weight excluding hydrogens is 631 g/mol. The van der Waals surface area contributed by atoms with Gasteiger partial charge in [-0.25, -0.2) is 0 Å². The summed E-state index contributed by atoms with van der Waals surface area (Å²) < 4.78 is 52.8. The van der Waals surface area contributed by atoms with Gasteiger partial charge in [0, 0.05) is 39.0 Å². The molecular formula is C40H32F3NO5. The first-order valence-electron chi connectivity index (χ1n) is 16.2. The molecule has 7 rings (SSSR count). The molecule has 2 aromatic heterocycles. The average Bonchev–Trinajstić information content (AvgIpc) is 3.08. The maximum Gasteiger partial charge on any atom is 0.416 e. The van der Waals surface area contributed by atoms with Crippen LogP contribution in [0.1, 0.15) is 52.7 Å². The van der Waals surface area contributed by atoms with Crippen molar-refractivity contribution in [2.24, 2.45) is 0 Å². The number of ether oxygens (including phenoxy) is 1. The molecule has 5 aromatic carbocycles. The molecule has 7 aromatic rings. The van der Waals surface area contributed by atoms with Crippen molar-refractivity contribution in [3.63, 3.8) is 0 Å². The summed E-state index contributed by atoms with van der Waals surface area (Å²) in [6.45, 7) is 4.59. The van der Waals surface area contributed by atoms with Crippen molar-refractivity contribution in [2.75, 3.05) is 6.61 Å². The molecule has 0 aliphatic carbocycles. The van der Waals surface area contributed by atoms with Crippen molar-refractivity contribution in [3.05, 3.63) is 122 Å². The number of unbranched alkanes of at least 4 members (excludes halogenated alkanes) is 3. The molecule has 0 spiro atoms. The third-order valence-corrected chi connectivity index (χ3v) is 9.34. The minimum absolute atomic E-state index is 0.296. The Balaban J connectivity index is 1.12. The molecule has 0 radical (unpaired) electrons. The molecule has 0 aliphatic rings. The fourth-order valence-electron chi connectivity index (χ4n) is 6.81. The fourth-order valence-corrected chi connectivity index (χ4v) is 6.81. The summed E-state index contributed by atoms with van der Waals surface area (Å²) in [5.74, 6) is 0.734. The SMILES string of the molecule is Cc1cc(OCCCCCCn2c(=O)c3ccc4oc5ccc(-c6ccc(C(F)(F)F)cc6)cc5c5ccc(c2=O)c3c45)cc(C)c1C=O. The summed E-state index contributed by atoms with van der Waals surface area (Å²) >= 11 is 0. The summed E-state index contributed by atoms with van der Waals surface area (Å²) in [5, 5.41) is 3.59. The summed E-state index contributed by atoms with van der Waals surface area (Å²) in [5.41, 5.74) is 3.47. The van der Waals surface area contributed by atoms with Crippen LogP contribution in [0.3, 0.4) is 0 Å². The van der Waals surface area contributed by atoms with Crippen molar-refractivity contribution in [1.29, 1.82) is 0 Å². The molecule has 0 fully saturated rings. The van der Waals surface area contributed by atoms with E-state index >= 15 is 0 Å². The van der Waals surface area contributed by atoms with E-state index in [4.69, 9.17) is 9.15 Å². The van der Waals surface area contributed by atoms with Gasteiger partial charge < -0.3 is 9.15 Å². The number of rotatable bonds is 10. The van der Waals surface area contributed by atoms with E-state index in [1.165, 1.54) is 16.7 Å². The second-order valence-electron chi connectivity index (χ2n) is 12.5. The van der Waals surface area contributed by atoms with Crippen LogP contribution in [0.5, 0.6) is 5.75 Å². The van der Waals surface area contributed by atoms with Crippen LogP contribution in [-0.2, 0) is 12.7 Å². The van der Waals surface area contributed by atoms with Crippen molar-refractivity contribution >= 4 is 49.8 Å². The Hall–Kier alpha value is -5.44. The van der Waals surface area contributed by atoms with Gasteiger partial charge in [0.2, 0.25) is 0 Å². The predicted octanol–water partition coefficient (Wildman–Crippen LogP) is 9.61. The van der Waals surface area contributed by atoms with E-state index < -0.39 is 11.7 Å². The van der Waals surface area contributed by atoms with Crippen LogP contribution in [0.25, 0.3) is 54.6 Å². The third kappa shape index (κ3) is 5.83. The van der Waals surface area contributed by atoms with Gasteiger partial charge >= 0.3 is 6.18 Å². The van der Waals surface area contributed by atoms with Crippen LogP contribution >= 0.6 is 0 Å². The lowest BCUT2D eigenvalue weighted by Gasteiger charge is -2.14. The topological polar surface area (TPSA) is 78.5 Å². The molecule has 2 heterocycles. The number of aldehydes is 1. The first-order chi connectivity index (χ1) is 23.5. The number of carbonyl (C=O) groups is 1. The van der Waals surface area contributed by atoms with Gasteiger partial charge in [0.05, 0.1) is 12.2 Å². The standard InChI is InChI=1S/C40H32F3NO5/c1-23-19-28(20-24(2)33(23)22-45)48-18-6-4-3-5-17-44-38(46)30-13-12-29-32-21-26(25-7-10-27(11-8-25)40(41,42)43)9-15-34(32)49-35-16-14-31(39(44)47)36(30)37(29)35/h7-16,19-22H,3-6,17-18H2,1-2H3. The Morgan fingerprint density at radius 2 is 1.31 bits per heavy atom. The molecule has 0 aliphatic heterocycles. The van der Waals surface area contributed by atoms with Crippen LogP contribution in [-0.4, -0.2) is 17.5 Å². The molecule has 0 amide bonds. The zero-order valence-electron chi connectivity index (χ0n) is 26.9. The monoisotopic (exact) mass is 663 g/mol. The smallest absolute Gasteiger partial charge is 0.416 e. The van der Waals surface area contributed by atoms with Crippen molar-refractivity contribution in [2.45, 2.75) is 52.3 Å². The second-order valence-corrected chi connectivity index (χ2v) is 12.5. The molecule has 6 nitrogen and oxygen atoms in total. The number of nitrogens with zero attached hydrogens (tertiary/aromatic N) is 1. The predicted molar refractivity (Wildman–Crippen MR) is 186 cm³/mol. The molecule has 49 heavy (non-hydrogen) atoms. The fraction of sp³-hybridized carbons (Fsp3) is 0.225. The van der Waals surface area contributed by atoms with E-state index in [0.717, 1.165) is 65.3 Å². The number of carbonyl (C=O) groups excluding carboxylic acids is 1. The molecule has 248 valence electrons. The summed E-state index contributed by atoms with van der Waals surface area (Å²) in [6.07, 6.45) is -0.419. The maximum absolute atomic E-state index is 13.7. The number of fused-ring (bicyclic) bond motifs is 2. The van der Waals surface area contributed by atoms with Gasteiger partial charge in [-0.05, 0) is 109 Å². The Morgan fingerprint density at radius 3 is 1.98 bits per heavy atom. The Morgan fingerprint density at radius 1 is 0.694 bits per heavy atom. The number of aromatic nitrogens is 1. The molecule has 0 saturated carbocycles. The van der Waals surface area contributed by atoms with E-state index in [9.17, 15) is 27.6 Å². The minimum atomic E-state index is -4.42. The molecule has 0 atom stereocenters. The lowest BCUT2D eigenvalue weighted by atomic mass is 9.95. The zero-order valence-corrected chi connectivity index (χ0v) is 26.9. The van der Waals surface area contributed by atoms with Gasteiger partial charge in [-0.15, -0.1) is 0 Å². The zero-order chi connectivity index (χ0) is 34.4. The first kappa shape index (κ1) is 32.1. The maximum atomic E-state index is 13.7. The van der Waals surface area contributed by atoms with Crippen LogP contribution in [0.4, 0.5) is 13.2 Å². The number of pyridine rings is 1. The second kappa shape index (κ2) is 12.5. The van der Waals surface area contributed by atoms with E-state index in [0.29, 0.717) is 69.0 Å². The number of benzene rings is 5. The summed E-state index contributed by atoms with van der Waals surface area (Å²) in [7, 11) is 0. The lowest BCUT2D eigenvalue weighted by molar-refractivity contribution is -0.137. The van der Waals surface area contributed by atoms with Crippen molar-refractivity contribution < 1.29 is 27.1 Å². The molecule has 0 unspecified atom stereocenters. The molecule has 0 saturated heterocycles. The third-order valence-electron chi connectivity index (χ3n) is 9.34. The number of alkyl halides is 3. The number of hydrogen-bond acceptors (Lipinski definition) is 5. The summed E-state index contributed by atoms with van der Waals surface area (Å²) in [4.78, 5) is 38.6. The van der Waals surface area contributed by atoms with Crippen LogP contribution in [0.2, 0.25) is 0 Å². The largest absolute Gasteiger partial charge is 0.494 e. The van der Waals surface area contributed by atoms with E-state index in [1.54, 1.807) is 30.3 Å². The first-order valence-corrected chi connectivity index (χ1v) is 16.2. The van der Waals surface area contributed by atoms with Gasteiger partial charge in [-0.2, -0.15) is 13.2 Å². The highest BCUT2D eigenvalue weighted by molar-refractivity contribution is 6.26. The van der Waals surface area contributed by atoms with Gasteiger partial charge in [-0.3, -0.25) is 19.0 Å². The lowest BCUT2D eigenvalue weighted by Crippen LogP contribution is -2.33. The van der Waals surface area contributed by atoms with Crippen molar-refractivity contribution in [3.8, 4) is 16.9 Å². The molecule has 0 bridgehead atoms. The van der Waals surface area contributed by atoms with Crippen LogP contribution in [0, 0.1) is 13.8 Å². The molecule has 0 N–H and O–H groups in total. The Bertz CT molecular complexity index is 2440. The van der Waals surface area contributed by atoms with E-state index in [-0.39, 0.29) is 11.1 Å². The average molecular weight is 664 g/mol. The Kier molecular flexibility index (Phi) is 8.22. The van der Waals surface area contributed by atoms with Gasteiger partial charge in [-0.1, -0.05) is 37.1 Å². The van der Waals surface area contributed by atoms with E-state index in [2.05, 4.69) is 0 Å². The minimum Gasteiger partial charge on any atom is -0.494 e. The highest BCUT2D eigenvalue weighted by Crippen LogP contribution is 2.39. The normalized spacial score (nSPS) is 12.1. The highest BCUT2D eigenvalue weighted by Gasteiger charge is 2.30. The summed E-state index contributed by atoms with van der Waals surface area (Å²) in [6, 6.07) is 21.2. The quantitative estimate of drug-likeness (QED) is 0.0630. The van der Waals surface area contributed by atoms with Crippen molar-refractivity contribution in [1.82, 2.24) is 4.57 Å². The van der Waals surface area contributed by atoms with E-state index in [1.807, 2.05) is 38.1 Å². The molecule has 9 heteroatoms.